The van der Waals surface area contributed by atoms with Crippen LogP contribution in [-0.4, -0.2) is 28.9 Å². The Kier molecular flexibility index (Phi) is 3.79. The van der Waals surface area contributed by atoms with Crippen molar-refractivity contribution in [1.29, 1.82) is 0 Å². The first-order valence-electron chi connectivity index (χ1n) is 4.30. The Morgan fingerprint density at radius 2 is 1.76 bits per heavy atom. The van der Waals surface area contributed by atoms with Gasteiger partial charge in [0, 0.05) is 11.6 Å². The molecule has 0 saturated carbocycles. The van der Waals surface area contributed by atoms with Crippen LogP contribution in [0, 0.1) is 0 Å². The standard InChI is InChI=1S/C9H8F3NO4/c10-9(11,12)4-17-13-8(16)5-1-6(14)3-7(15)2-5/h1-3,14-15H,4H2,(H,13,16). The largest absolute Gasteiger partial charge is 0.508 e. The zero-order chi connectivity index (χ0) is 13.1. The van der Waals surface area contributed by atoms with Gasteiger partial charge >= 0.3 is 6.18 Å². The molecule has 0 radical (unpaired) electrons. The Labute approximate surface area is 93.4 Å². The Bertz CT molecular complexity index is 399. The lowest BCUT2D eigenvalue weighted by Crippen LogP contribution is -2.29. The lowest BCUT2D eigenvalue weighted by molar-refractivity contribution is -0.184. The molecule has 1 aromatic carbocycles. The van der Waals surface area contributed by atoms with Crippen molar-refractivity contribution in [3.8, 4) is 11.5 Å². The van der Waals surface area contributed by atoms with Gasteiger partial charge in [-0.3, -0.25) is 9.63 Å². The summed E-state index contributed by atoms with van der Waals surface area (Å²) in [6.45, 7) is -1.64. The molecule has 5 nitrogen and oxygen atoms in total. The molecule has 0 aromatic heterocycles. The van der Waals surface area contributed by atoms with Crippen molar-refractivity contribution in [3.63, 3.8) is 0 Å². The molecule has 1 aromatic rings. The van der Waals surface area contributed by atoms with E-state index in [9.17, 15) is 18.0 Å². The number of hydroxylamine groups is 1. The van der Waals surface area contributed by atoms with E-state index in [2.05, 4.69) is 4.84 Å². The molecule has 0 atom stereocenters. The number of aromatic hydroxyl groups is 2. The van der Waals surface area contributed by atoms with E-state index >= 15 is 0 Å². The number of alkyl halides is 3. The molecule has 3 N–H and O–H groups in total. The van der Waals surface area contributed by atoms with Crippen LogP contribution in [0.1, 0.15) is 10.4 Å². The predicted molar refractivity (Wildman–Crippen MR) is 49.2 cm³/mol. The van der Waals surface area contributed by atoms with Crippen LogP contribution in [-0.2, 0) is 4.84 Å². The van der Waals surface area contributed by atoms with Crippen LogP contribution in [0.2, 0.25) is 0 Å². The highest BCUT2D eigenvalue weighted by Gasteiger charge is 2.28. The second kappa shape index (κ2) is 4.91. The second-order valence-electron chi connectivity index (χ2n) is 3.07. The van der Waals surface area contributed by atoms with Crippen LogP contribution in [0.15, 0.2) is 18.2 Å². The van der Waals surface area contributed by atoms with E-state index in [1.807, 2.05) is 0 Å². The van der Waals surface area contributed by atoms with Gasteiger partial charge in [0.15, 0.2) is 6.61 Å². The number of phenolic OH excluding ortho intramolecular Hbond substituents is 2. The van der Waals surface area contributed by atoms with Gasteiger partial charge in [-0.1, -0.05) is 0 Å². The Morgan fingerprint density at radius 1 is 1.24 bits per heavy atom. The zero-order valence-corrected chi connectivity index (χ0v) is 8.28. The van der Waals surface area contributed by atoms with E-state index in [1.165, 1.54) is 5.48 Å². The molecule has 0 bridgehead atoms. The third kappa shape index (κ3) is 4.60. The van der Waals surface area contributed by atoms with Crippen molar-refractivity contribution in [1.82, 2.24) is 5.48 Å². The molecule has 0 aliphatic carbocycles. The predicted octanol–water partition coefficient (Wildman–Crippen LogP) is 1.32. The first-order valence-corrected chi connectivity index (χ1v) is 4.30. The first kappa shape index (κ1) is 13.1. The molecule has 0 aliphatic rings. The molecule has 0 unspecified atom stereocenters. The Balaban J connectivity index is 2.58. The van der Waals surface area contributed by atoms with Crippen molar-refractivity contribution in [3.05, 3.63) is 23.8 Å². The summed E-state index contributed by atoms with van der Waals surface area (Å²) in [7, 11) is 0. The number of rotatable bonds is 3. The molecule has 0 spiro atoms. The molecule has 0 fully saturated rings. The number of carbonyl (C=O) groups excluding carboxylic acids is 1. The Hall–Kier alpha value is -1.96. The number of nitrogens with one attached hydrogen (secondary N) is 1. The lowest BCUT2D eigenvalue weighted by atomic mass is 10.2. The summed E-state index contributed by atoms with van der Waals surface area (Å²) in [5.74, 6) is -1.81. The van der Waals surface area contributed by atoms with Gasteiger partial charge < -0.3 is 10.2 Å². The summed E-state index contributed by atoms with van der Waals surface area (Å²) >= 11 is 0. The van der Waals surface area contributed by atoms with Crippen LogP contribution >= 0.6 is 0 Å². The topological polar surface area (TPSA) is 78.8 Å². The first-order chi connectivity index (χ1) is 7.78. The zero-order valence-electron chi connectivity index (χ0n) is 8.28. The fourth-order valence-electron chi connectivity index (χ4n) is 0.969. The molecule has 17 heavy (non-hydrogen) atoms. The third-order valence-electron chi connectivity index (χ3n) is 1.57. The summed E-state index contributed by atoms with van der Waals surface area (Å²) in [6.07, 6.45) is -4.56. The van der Waals surface area contributed by atoms with E-state index in [1.54, 1.807) is 0 Å². The van der Waals surface area contributed by atoms with E-state index in [0.717, 1.165) is 18.2 Å². The molecule has 1 amide bonds. The summed E-state index contributed by atoms with van der Waals surface area (Å²) in [5.41, 5.74) is 1.30. The van der Waals surface area contributed by atoms with Crippen molar-refractivity contribution in [2.45, 2.75) is 6.18 Å². The molecule has 0 aliphatic heterocycles. The number of benzene rings is 1. The van der Waals surface area contributed by atoms with Crippen LogP contribution in [0.3, 0.4) is 0 Å². The summed E-state index contributed by atoms with van der Waals surface area (Å²) < 4.78 is 35.0. The van der Waals surface area contributed by atoms with Crippen LogP contribution in [0.25, 0.3) is 0 Å². The van der Waals surface area contributed by atoms with E-state index < -0.39 is 30.2 Å². The van der Waals surface area contributed by atoms with Gasteiger partial charge in [0.05, 0.1) is 0 Å². The van der Waals surface area contributed by atoms with Crippen LogP contribution in [0.4, 0.5) is 13.2 Å². The Morgan fingerprint density at radius 3 is 2.24 bits per heavy atom. The number of amides is 1. The van der Waals surface area contributed by atoms with Crippen LogP contribution in [0.5, 0.6) is 11.5 Å². The van der Waals surface area contributed by atoms with Gasteiger partial charge in [-0.25, -0.2) is 5.48 Å². The van der Waals surface area contributed by atoms with Gasteiger partial charge in [0.1, 0.15) is 11.5 Å². The van der Waals surface area contributed by atoms with Crippen LogP contribution < -0.4 is 5.48 Å². The molecule has 0 saturated heterocycles. The molecular weight excluding hydrogens is 243 g/mol. The minimum Gasteiger partial charge on any atom is -0.508 e. The highest BCUT2D eigenvalue weighted by Crippen LogP contribution is 2.20. The lowest BCUT2D eigenvalue weighted by Gasteiger charge is -2.08. The van der Waals surface area contributed by atoms with E-state index in [4.69, 9.17) is 10.2 Å². The number of carbonyl (C=O) groups is 1. The minimum absolute atomic E-state index is 0.232. The number of hydrogen-bond acceptors (Lipinski definition) is 4. The van der Waals surface area contributed by atoms with Gasteiger partial charge in [0.2, 0.25) is 0 Å². The average Bonchev–Trinajstić information content (AvgIpc) is 2.13. The van der Waals surface area contributed by atoms with Crippen molar-refractivity contribution in [2.24, 2.45) is 0 Å². The molecule has 8 heteroatoms. The SMILES string of the molecule is O=C(NOCC(F)(F)F)c1cc(O)cc(O)c1. The number of hydrogen-bond donors (Lipinski definition) is 3. The maximum atomic E-state index is 11.7. The van der Waals surface area contributed by atoms with Crippen molar-refractivity contribution in [2.75, 3.05) is 6.61 Å². The quantitative estimate of drug-likeness (QED) is 0.708. The fourth-order valence-corrected chi connectivity index (χ4v) is 0.969. The van der Waals surface area contributed by atoms with Gasteiger partial charge in [0.25, 0.3) is 5.91 Å². The fraction of sp³-hybridized carbons (Fsp3) is 0.222. The average molecular weight is 251 g/mol. The van der Waals surface area contributed by atoms with Gasteiger partial charge in [-0.05, 0) is 12.1 Å². The summed E-state index contributed by atoms with van der Waals surface area (Å²) in [4.78, 5) is 15.1. The molecular formula is C9H8F3NO4. The molecule has 1 rings (SSSR count). The van der Waals surface area contributed by atoms with Crippen molar-refractivity contribution >= 4 is 5.91 Å². The van der Waals surface area contributed by atoms with E-state index in [0.29, 0.717) is 0 Å². The molecule has 0 heterocycles. The molecule has 94 valence electrons. The summed E-state index contributed by atoms with van der Waals surface area (Å²) in [5, 5.41) is 18.1. The monoisotopic (exact) mass is 251 g/mol. The van der Waals surface area contributed by atoms with Gasteiger partial charge in [-0.15, -0.1) is 0 Å². The smallest absolute Gasteiger partial charge is 0.414 e. The summed E-state index contributed by atoms with van der Waals surface area (Å²) in [6, 6.07) is 2.89. The van der Waals surface area contributed by atoms with Crippen molar-refractivity contribution < 1.29 is 33.0 Å². The maximum Gasteiger partial charge on any atom is 0.414 e. The highest BCUT2D eigenvalue weighted by atomic mass is 19.4. The normalized spacial score (nSPS) is 11.2. The van der Waals surface area contributed by atoms with E-state index in [-0.39, 0.29) is 5.56 Å². The number of halogens is 3. The maximum absolute atomic E-state index is 11.7. The third-order valence-corrected chi connectivity index (χ3v) is 1.57. The highest BCUT2D eigenvalue weighted by molar-refractivity contribution is 5.94. The van der Waals surface area contributed by atoms with Gasteiger partial charge in [-0.2, -0.15) is 13.2 Å². The second-order valence-corrected chi connectivity index (χ2v) is 3.07. The minimum atomic E-state index is -4.56. The number of phenols is 2.